The van der Waals surface area contributed by atoms with E-state index in [1.54, 1.807) is 12.1 Å². The number of halogens is 1. The Bertz CT molecular complexity index is 733. The molecule has 0 saturated heterocycles. The summed E-state index contributed by atoms with van der Waals surface area (Å²) in [6, 6.07) is 9.48. The second kappa shape index (κ2) is 4.75. The molecule has 6 heteroatoms. The van der Waals surface area contributed by atoms with Crippen LogP contribution in [0, 0.1) is 6.92 Å². The molecule has 3 aromatic rings. The van der Waals surface area contributed by atoms with Crippen molar-refractivity contribution in [3.8, 4) is 0 Å². The molecule has 19 heavy (non-hydrogen) atoms. The van der Waals surface area contributed by atoms with Crippen LogP contribution in [0.25, 0.3) is 11.0 Å². The third-order valence-corrected chi connectivity index (χ3v) is 3.61. The zero-order valence-corrected chi connectivity index (χ0v) is 11.7. The van der Waals surface area contributed by atoms with Gasteiger partial charge in [-0.1, -0.05) is 17.7 Å². The highest BCUT2D eigenvalue weighted by molar-refractivity contribution is 7.99. The molecule has 0 fully saturated rings. The van der Waals surface area contributed by atoms with Crippen LogP contribution >= 0.6 is 23.4 Å². The molecule has 0 saturated carbocycles. The molecule has 2 heterocycles. The lowest BCUT2D eigenvalue weighted by Crippen LogP contribution is -1.89. The number of rotatable bonds is 2. The number of hydrogen-bond acceptors (Lipinski definition) is 4. The summed E-state index contributed by atoms with van der Waals surface area (Å²) in [5.74, 6) is 0. The minimum atomic E-state index is 0.384. The molecule has 0 aliphatic carbocycles. The summed E-state index contributed by atoms with van der Waals surface area (Å²) >= 11 is 7.29. The van der Waals surface area contributed by atoms with Crippen LogP contribution in [0.2, 0.25) is 5.15 Å². The molecular formula is C13H11ClN4S. The molecular weight excluding hydrogens is 280 g/mol. The number of benzene rings is 1. The standard InChI is InChI=1S/C13H11ClN4S/c1-7-2-3-9-10(4-7)17-13(16-9)19-12-6-8(15)5-11(14)18-12/h2-6H,1H3,(H2,15,18)(H,16,17). The van der Waals surface area contributed by atoms with Gasteiger partial charge >= 0.3 is 0 Å². The number of nitrogens with one attached hydrogen (secondary N) is 1. The number of fused-ring (bicyclic) bond motifs is 1. The fourth-order valence-electron chi connectivity index (χ4n) is 1.79. The fourth-order valence-corrected chi connectivity index (χ4v) is 2.90. The van der Waals surface area contributed by atoms with Gasteiger partial charge in [-0.3, -0.25) is 0 Å². The first-order valence-corrected chi connectivity index (χ1v) is 6.87. The summed E-state index contributed by atoms with van der Waals surface area (Å²) in [5, 5.41) is 1.88. The van der Waals surface area contributed by atoms with E-state index in [2.05, 4.69) is 21.0 Å². The van der Waals surface area contributed by atoms with Crippen molar-refractivity contribution in [3.63, 3.8) is 0 Å². The van der Waals surface area contributed by atoms with Crippen molar-refractivity contribution in [2.75, 3.05) is 5.73 Å². The van der Waals surface area contributed by atoms with Crippen molar-refractivity contribution in [1.29, 1.82) is 0 Å². The van der Waals surface area contributed by atoms with Gasteiger partial charge in [0, 0.05) is 5.69 Å². The van der Waals surface area contributed by atoms with Gasteiger partial charge in [0.05, 0.1) is 11.0 Å². The molecule has 3 rings (SSSR count). The highest BCUT2D eigenvalue weighted by Crippen LogP contribution is 2.28. The summed E-state index contributed by atoms with van der Waals surface area (Å²) in [7, 11) is 0. The Morgan fingerprint density at radius 2 is 2.05 bits per heavy atom. The van der Waals surface area contributed by atoms with E-state index in [4.69, 9.17) is 17.3 Å². The van der Waals surface area contributed by atoms with Crippen molar-refractivity contribution >= 4 is 40.1 Å². The topological polar surface area (TPSA) is 67.6 Å². The second-order valence-corrected chi connectivity index (χ2v) is 5.62. The third-order valence-electron chi connectivity index (χ3n) is 2.61. The van der Waals surface area contributed by atoms with E-state index in [1.165, 1.54) is 17.3 Å². The maximum atomic E-state index is 5.88. The van der Waals surface area contributed by atoms with Crippen molar-refractivity contribution in [3.05, 3.63) is 41.0 Å². The average molecular weight is 291 g/mol. The average Bonchev–Trinajstić information content (AvgIpc) is 2.68. The lowest BCUT2D eigenvalue weighted by atomic mass is 10.2. The summed E-state index contributed by atoms with van der Waals surface area (Å²) in [6.45, 7) is 2.05. The van der Waals surface area contributed by atoms with Crippen LogP contribution in [0.5, 0.6) is 0 Å². The van der Waals surface area contributed by atoms with Crippen molar-refractivity contribution < 1.29 is 0 Å². The van der Waals surface area contributed by atoms with E-state index in [-0.39, 0.29) is 0 Å². The Morgan fingerprint density at radius 1 is 1.21 bits per heavy atom. The molecule has 0 aliphatic rings. The second-order valence-electron chi connectivity index (χ2n) is 4.23. The number of aromatic amines is 1. The van der Waals surface area contributed by atoms with Crippen molar-refractivity contribution in [2.45, 2.75) is 17.1 Å². The largest absolute Gasteiger partial charge is 0.399 e. The molecule has 3 N–H and O–H groups in total. The normalized spacial score (nSPS) is 11.1. The van der Waals surface area contributed by atoms with Gasteiger partial charge in [-0.05, 0) is 48.5 Å². The Morgan fingerprint density at radius 3 is 2.84 bits per heavy atom. The van der Waals surface area contributed by atoms with E-state index in [0.717, 1.165) is 21.2 Å². The molecule has 0 bridgehead atoms. The number of imidazole rings is 1. The monoisotopic (exact) mass is 290 g/mol. The summed E-state index contributed by atoms with van der Waals surface area (Å²) in [5.41, 5.74) is 9.47. The number of nitrogen functional groups attached to an aromatic ring is 1. The number of aromatic nitrogens is 3. The number of hydrogen-bond donors (Lipinski definition) is 2. The number of nitrogens with zero attached hydrogens (tertiary/aromatic N) is 2. The van der Waals surface area contributed by atoms with Gasteiger partial charge in [0.2, 0.25) is 0 Å². The van der Waals surface area contributed by atoms with Crippen LogP contribution in [0.4, 0.5) is 5.69 Å². The number of H-pyrrole nitrogens is 1. The molecule has 0 unspecified atom stereocenters. The van der Waals surface area contributed by atoms with Gasteiger partial charge in [0.15, 0.2) is 5.16 Å². The molecule has 4 nitrogen and oxygen atoms in total. The Kier molecular flexibility index (Phi) is 3.08. The first-order valence-electron chi connectivity index (χ1n) is 5.67. The minimum absolute atomic E-state index is 0.384. The van der Waals surface area contributed by atoms with Crippen molar-refractivity contribution in [2.24, 2.45) is 0 Å². The van der Waals surface area contributed by atoms with Crippen LogP contribution in [0.15, 0.2) is 40.5 Å². The molecule has 2 aromatic heterocycles. The number of pyridine rings is 1. The summed E-state index contributed by atoms with van der Waals surface area (Å²) < 4.78 is 0. The lowest BCUT2D eigenvalue weighted by molar-refractivity contribution is 1.06. The zero-order chi connectivity index (χ0) is 13.4. The van der Waals surface area contributed by atoms with Crippen LogP contribution in [-0.4, -0.2) is 15.0 Å². The minimum Gasteiger partial charge on any atom is -0.399 e. The van der Waals surface area contributed by atoms with Gasteiger partial charge in [-0.15, -0.1) is 0 Å². The molecule has 0 atom stereocenters. The summed E-state index contributed by atoms with van der Waals surface area (Å²) in [6.07, 6.45) is 0. The Balaban J connectivity index is 1.96. The highest BCUT2D eigenvalue weighted by Gasteiger charge is 2.07. The van der Waals surface area contributed by atoms with E-state index < -0.39 is 0 Å². The van der Waals surface area contributed by atoms with Crippen LogP contribution in [0.1, 0.15) is 5.56 Å². The number of nitrogens with two attached hydrogens (primary N) is 1. The van der Waals surface area contributed by atoms with Gasteiger partial charge in [-0.25, -0.2) is 9.97 Å². The van der Waals surface area contributed by atoms with E-state index >= 15 is 0 Å². The van der Waals surface area contributed by atoms with Crippen LogP contribution in [-0.2, 0) is 0 Å². The quantitative estimate of drug-likeness (QED) is 0.707. The SMILES string of the molecule is Cc1ccc2nc(Sc3cc(N)cc(Cl)n3)[nH]c2c1. The Hall–Kier alpha value is -1.72. The van der Waals surface area contributed by atoms with E-state index in [1.807, 2.05) is 19.1 Å². The first kappa shape index (κ1) is 12.3. The first-order chi connectivity index (χ1) is 9.10. The van der Waals surface area contributed by atoms with Gasteiger partial charge < -0.3 is 10.7 Å². The molecule has 0 radical (unpaired) electrons. The van der Waals surface area contributed by atoms with Gasteiger partial charge in [-0.2, -0.15) is 0 Å². The van der Waals surface area contributed by atoms with E-state index in [9.17, 15) is 0 Å². The predicted molar refractivity (Wildman–Crippen MR) is 78.6 cm³/mol. The maximum Gasteiger partial charge on any atom is 0.172 e. The lowest BCUT2D eigenvalue weighted by Gasteiger charge is -1.99. The molecule has 0 amide bonds. The smallest absolute Gasteiger partial charge is 0.172 e. The van der Waals surface area contributed by atoms with Gasteiger partial charge in [0.25, 0.3) is 0 Å². The zero-order valence-electron chi connectivity index (χ0n) is 10.1. The maximum absolute atomic E-state index is 5.88. The Labute approximate surface area is 119 Å². The molecule has 96 valence electrons. The molecule has 1 aromatic carbocycles. The van der Waals surface area contributed by atoms with Crippen LogP contribution < -0.4 is 5.73 Å². The van der Waals surface area contributed by atoms with Crippen molar-refractivity contribution in [1.82, 2.24) is 15.0 Å². The predicted octanol–water partition coefficient (Wildman–Crippen LogP) is 3.65. The molecule has 0 spiro atoms. The molecule has 0 aliphatic heterocycles. The highest BCUT2D eigenvalue weighted by atomic mass is 35.5. The third kappa shape index (κ3) is 2.67. The van der Waals surface area contributed by atoms with Gasteiger partial charge in [0.1, 0.15) is 10.2 Å². The van der Waals surface area contributed by atoms with Crippen LogP contribution in [0.3, 0.4) is 0 Å². The van der Waals surface area contributed by atoms with E-state index in [0.29, 0.717) is 10.8 Å². The number of anilines is 1. The summed E-state index contributed by atoms with van der Waals surface area (Å²) in [4.78, 5) is 11.9. The number of aryl methyl sites for hydroxylation is 1. The fraction of sp³-hybridized carbons (Fsp3) is 0.0769.